The second-order valence-electron chi connectivity index (χ2n) is 8.37. The van der Waals surface area contributed by atoms with Crippen LogP contribution in [0.15, 0.2) is 53.7 Å². The van der Waals surface area contributed by atoms with E-state index in [-0.39, 0.29) is 17.7 Å². The molecule has 2 aromatic carbocycles. The Morgan fingerprint density at radius 2 is 1.82 bits per heavy atom. The van der Waals surface area contributed by atoms with E-state index < -0.39 is 29.7 Å². The minimum Gasteiger partial charge on any atom is -0.463 e. The number of rotatable bonds is 6. The largest absolute Gasteiger partial charge is 0.463 e. The highest BCUT2D eigenvalue weighted by molar-refractivity contribution is 5.95. The maximum absolute atomic E-state index is 13.9. The molecular weight excluding hydrogens is 442 g/mol. The van der Waals surface area contributed by atoms with Crippen molar-refractivity contribution in [3.8, 4) is 0 Å². The molecule has 2 aromatic rings. The summed E-state index contributed by atoms with van der Waals surface area (Å²) in [5.74, 6) is -2.67. The number of carbonyl (C=O) groups excluding carboxylic acids is 2. The zero-order valence-electron chi connectivity index (χ0n) is 19.2. The molecule has 1 saturated heterocycles. The van der Waals surface area contributed by atoms with Gasteiger partial charge in [0.15, 0.2) is 11.6 Å². The second-order valence-corrected chi connectivity index (χ2v) is 8.37. The van der Waals surface area contributed by atoms with Gasteiger partial charge >= 0.3 is 12.0 Å². The summed E-state index contributed by atoms with van der Waals surface area (Å²) in [6, 6.07) is 10.1. The van der Waals surface area contributed by atoms with Gasteiger partial charge < -0.3 is 20.3 Å². The van der Waals surface area contributed by atoms with Crippen molar-refractivity contribution in [1.82, 2.24) is 15.5 Å². The lowest BCUT2D eigenvalue weighted by Gasteiger charge is -2.38. The maximum atomic E-state index is 13.9. The number of aryl methyl sites for hydroxylation is 1. The summed E-state index contributed by atoms with van der Waals surface area (Å²) in [6.45, 7) is 7.29. The minimum atomic E-state index is -1.05. The van der Waals surface area contributed by atoms with Crippen LogP contribution >= 0.6 is 0 Å². The lowest BCUT2D eigenvalue weighted by molar-refractivity contribution is -0.139. The van der Waals surface area contributed by atoms with Crippen molar-refractivity contribution in [1.29, 1.82) is 0 Å². The number of piperazine rings is 1. The molecule has 2 heterocycles. The maximum Gasteiger partial charge on any atom is 0.338 e. The molecule has 2 amide bonds. The summed E-state index contributed by atoms with van der Waals surface area (Å²) in [7, 11) is 0. The highest BCUT2D eigenvalue weighted by atomic mass is 19.2. The lowest BCUT2D eigenvalue weighted by atomic mass is 9.94. The van der Waals surface area contributed by atoms with E-state index in [1.807, 2.05) is 12.1 Å². The molecule has 1 atom stereocenters. The average molecular weight is 471 g/mol. The van der Waals surface area contributed by atoms with E-state index in [0.29, 0.717) is 12.2 Å². The minimum absolute atomic E-state index is 0.142. The zero-order chi connectivity index (χ0) is 24.2. The number of benzene rings is 2. The van der Waals surface area contributed by atoms with Crippen LogP contribution in [0, 0.1) is 18.6 Å². The molecule has 1 fully saturated rings. The van der Waals surface area contributed by atoms with E-state index in [4.69, 9.17) is 4.74 Å². The second kappa shape index (κ2) is 10.2. The molecular formula is C25H28F2N4O3. The summed E-state index contributed by atoms with van der Waals surface area (Å²) in [5, 5.41) is 5.38. The van der Waals surface area contributed by atoms with Crippen LogP contribution in [0.2, 0.25) is 0 Å². The number of hydrogen-bond acceptors (Lipinski definition) is 5. The number of hydrogen-bond donors (Lipinski definition) is 2. The van der Waals surface area contributed by atoms with E-state index in [1.165, 1.54) is 17.3 Å². The van der Waals surface area contributed by atoms with Crippen LogP contribution in [0.3, 0.4) is 0 Å². The van der Waals surface area contributed by atoms with E-state index in [2.05, 4.69) is 39.5 Å². The van der Waals surface area contributed by atoms with Crippen LogP contribution in [0.1, 0.15) is 24.1 Å². The summed E-state index contributed by atoms with van der Waals surface area (Å²) in [5.41, 5.74) is 3.26. The molecule has 0 spiro atoms. The van der Waals surface area contributed by atoms with Gasteiger partial charge in [-0.05, 0) is 43.2 Å². The Kier molecular flexibility index (Phi) is 7.12. The first-order chi connectivity index (χ1) is 16.4. The van der Waals surface area contributed by atoms with E-state index >= 15 is 0 Å². The van der Waals surface area contributed by atoms with Gasteiger partial charge in [-0.25, -0.2) is 18.4 Å². The fraction of sp³-hybridized carbons (Fsp3) is 0.360. The van der Waals surface area contributed by atoms with Crippen molar-refractivity contribution in [3.63, 3.8) is 0 Å². The Morgan fingerprint density at radius 1 is 1.09 bits per heavy atom. The van der Waals surface area contributed by atoms with Gasteiger partial charge in [0.2, 0.25) is 0 Å². The number of halogens is 2. The first-order valence-electron chi connectivity index (χ1n) is 11.3. The normalized spacial score (nSPS) is 19.0. The summed E-state index contributed by atoms with van der Waals surface area (Å²) in [4.78, 5) is 29.8. The van der Waals surface area contributed by atoms with Crippen LogP contribution in [-0.2, 0) is 9.53 Å². The third-order valence-electron chi connectivity index (χ3n) is 6.14. The first-order valence-corrected chi connectivity index (χ1v) is 11.3. The van der Waals surface area contributed by atoms with Gasteiger partial charge in [0.05, 0.1) is 18.2 Å². The predicted molar refractivity (Wildman–Crippen MR) is 124 cm³/mol. The Bertz CT molecular complexity index is 1110. The third kappa shape index (κ3) is 5.04. The van der Waals surface area contributed by atoms with Crippen molar-refractivity contribution in [2.24, 2.45) is 0 Å². The predicted octanol–water partition coefficient (Wildman–Crippen LogP) is 3.27. The van der Waals surface area contributed by atoms with E-state index in [9.17, 15) is 18.4 Å². The molecule has 4 rings (SSSR count). The Hall–Kier alpha value is -3.46. The molecule has 34 heavy (non-hydrogen) atoms. The SMILES string of the molecule is CCOC(=O)C1=C(CN2CCN(c3ccccc3C)CC2)NC(=O)N[C@@H]1c1ccc(F)c(F)c1. The summed E-state index contributed by atoms with van der Waals surface area (Å²) in [6.07, 6.45) is 0. The number of esters is 1. The van der Waals surface area contributed by atoms with Crippen LogP contribution in [-0.4, -0.2) is 56.2 Å². The number of urea groups is 1. The summed E-state index contributed by atoms with van der Waals surface area (Å²) < 4.78 is 32.7. The van der Waals surface area contributed by atoms with E-state index in [1.54, 1.807) is 6.92 Å². The van der Waals surface area contributed by atoms with Gasteiger partial charge in [0, 0.05) is 44.1 Å². The molecule has 2 aliphatic rings. The van der Waals surface area contributed by atoms with Crippen LogP contribution in [0.4, 0.5) is 19.3 Å². The fourth-order valence-electron chi connectivity index (χ4n) is 4.42. The highest BCUT2D eigenvalue weighted by Gasteiger charge is 2.35. The van der Waals surface area contributed by atoms with Gasteiger partial charge in [0.1, 0.15) is 0 Å². The topological polar surface area (TPSA) is 73.9 Å². The fourth-order valence-corrected chi connectivity index (χ4v) is 4.42. The van der Waals surface area contributed by atoms with Crippen molar-refractivity contribution in [3.05, 3.63) is 76.5 Å². The number of anilines is 1. The van der Waals surface area contributed by atoms with Crippen LogP contribution in [0.5, 0.6) is 0 Å². The lowest BCUT2D eigenvalue weighted by Crippen LogP contribution is -2.52. The molecule has 180 valence electrons. The van der Waals surface area contributed by atoms with Crippen molar-refractivity contribution < 1.29 is 23.1 Å². The van der Waals surface area contributed by atoms with Gasteiger partial charge in [-0.2, -0.15) is 0 Å². The molecule has 2 N–H and O–H groups in total. The van der Waals surface area contributed by atoms with Crippen molar-refractivity contribution in [2.45, 2.75) is 19.9 Å². The van der Waals surface area contributed by atoms with E-state index in [0.717, 1.165) is 38.3 Å². The van der Waals surface area contributed by atoms with Gasteiger partial charge in [-0.3, -0.25) is 4.90 Å². The quantitative estimate of drug-likeness (QED) is 0.634. The molecule has 0 aromatic heterocycles. The van der Waals surface area contributed by atoms with Gasteiger partial charge in [-0.1, -0.05) is 24.3 Å². The molecule has 0 radical (unpaired) electrons. The number of para-hydroxylation sites is 1. The third-order valence-corrected chi connectivity index (χ3v) is 6.14. The van der Waals surface area contributed by atoms with Crippen LogP contribution in [0.25, 0.3) is 0 Å². The monoisotopic (exact) mass is 470 g/mol. The number of carbonyl (C=O) groups is 2. The number of nitrogens with one attached hydrogen (secondary N) is 2. The molecule has 7 nitrogen and oxygen atoms in total. The number of nitrogens with zero attached hydrogens (tertiary/aromatic N) is 2. The number of ether oxygens (including phenoxy) is 1. The van der Waals surface area contributed by atoms with Crippen LogP contribution < -0.4 is 15.5 Å². The van der Waals surface area contributed by atoms with Crippen molar-refractivity contribution in [2.75, 3.05) is 44.2 Å². The molecule has 0 unspecified atom stereocenters. The van der Waals surface area contributed by atoms with Gasteiger partial charge in [0.25, 0.3) is 0 Å². The first kappa shape index (κ1) is 23.7. The molecule has 0 bridgehead atoms. The van der Waals surface area contributed by atoms with Crippen molar-refractivity contribution >= 4 is 17.7 Å². The molecule has 0 saturated carbocycles. The summed E-state index contributed by atoms with van der Waals surface area (Å²) >= 11 is 0. The molecule has 9 heteroatoms. The highest BCUT2D eigenvalue weighted by Crippen LogP contribution is 2.29. The molecule has 2 aliphatic heterocycles. The smallest absolute Gasteiger partial charge is 0.338 e. The Morgan fingerprint density at radius 3 is 2.50 bits per heavy atom. The Labute approximate surface area is 197 Å². The molecule has 0 aliphatic carbocycles. The number of amides is 2. The Balaban J connectivity index is 1.58. The average Bonchev–Trinajstić information content (AvgIpc) is 2.81. The zero-order valence-corrected chi connectivity index (χ0v) is 19.2. The van der Waals surface area contributed by atoms with Gasteiger partial charge in [-0.15, -0.1) is 0 Å². The standard InChI is InChI=1S/C25H28F2N4O3/c1-3-34-24(32)22-20(28-25(33)29-23(22)17-8-9-18(26)19(27)14-17)15-30-10-12-31(13-11-30)21-7-5-4-6-16(21)2/h4-9,14,23H,3,10-13,15H2,1-2H3,(H2,28,29,33)/t23-/m1/s1.